The molecule has 3 N–H and O–H groups in total. The molecule has 4 nitrogen and oxygen atoms in total. The molecular formula is C5H9NO3S. The van der Waals surface area contributed by atoms with Crippen molar-refractivity contribution in [1.29, 1.82) is 0 Å². The van der Waals surface area contributed by atoms with Crippen molar-refractivity contribution in [3.63, 3.8) is 0 Å². The summed E-state index contributed by atoms with van der Waals surface area (Å²) in [6, 6.07) is -0.751. The van der Waals surface area contributed by atoms with E-state index < -0.39 is 17.1 Å². The van der Waals surface area contributed by atoms with E-state index in [1.165, 1.54) is 0 Å². The average Bonchev–Trinajstić information content (AvgIpc) is 1.82. The maximum atomic E-state index is 10.3. The molecule has 0 aliphatic rings. The third-order valence-electron chi connectivity index (χ3n) is 0.986. The number of hydrogen-bond acceptors (Lipinski definition) is 3. The van der Waals surface area contributed by atoms with Crippen molar-refractivity contribution in [2.24, 2.45) is 5.73 Å². The maximum absolute atomic E-state index is 10.3. The van der Waals surface area contributed by atoms with Crippen LogP contribution in [0.25, 0.3) is 0 Å². The highest BCUT2D eigenvalue weighted by atomic mass is 32.1. The molecule has 0 aromatic carbocycles. The van der Waals surface area contributed by atoms with E-state index in [4.69, 9.17) is 10.8 Å². The fourth-order valence-corrected chi connectivity index (χ4v) is 0.532. The number of aliphatic carboxylic acids is 1. The van der Waals surface area contributed by atoms with Crippen molar-refractivity contribution in [2.45, 2.75) is 18.9 Å². The summed E-state index contributed by atoms with van der Waals surface area (Å²) < 4.78 is 0. The van der Waals surface area contributed by atoms with Gasteiger partial charge in [0, 0.05) is 6.42 Å². The predicted octanol–water partition coefficient (Wildman–Crippen LogP) is -0.365. The number of carbonyl (C=O) groups is 2. The normalized spacial score (nSPS) is 12.6. The summed E-state index contributed by atoms with van der Waals surface area (Å²) in [4.78, 5) is 20.2. The molecule has 0 heterocycles. The molecule has 0 aromatic rings. The molecule has 1 unspecified atom stereocenters. The topological polar surface area (TPSA) is 80.4 Å². The van der Waals surface area contributed by atoms with E-state index in [2.05, 4.69) is 12.6 Å². The second-order valence-corrected chi connectivity index (χ2v) is 2.32. The maximum Gasteiger partial charge on any atom is 0.303 e. The molecule has 5 heteroatoms. The highest BCUT2D eigenvalue weighted by Crippen LogP contribution is 1.97. The summed E-state index contributed by atoms with van der Waals surface area (Å²) in [7, 11) is 0. The zero-order valence-corrected chi connectivity index (χ0v) is 6.17. The lowest BCUT2D eigenvalue weighted by molar-refractivity contribution is -0.137. The first kappa shape index (κ1) is 9.45. The summed E-state index contributed by atoms with van der Waals surface area (Å²) >= 11 is 3.44. The summed E-state index contributed by atoms with van der Waals surface area (Å²) in [5.41, 5.74) is 5.18. The van der Waals surface area contributed by atoms with Gasteiger partial charge < -0.3 is 10.8 Å². The fraction of sp³-hybridized carbons (Fsp3) is 0.600. The van der Waals surface area contributed by atoms with Crippen LogP contribution in [0.2, 0.25) is 0 Å². The number of thiol groups is 1. The molecule has 0 aromatic heterocycles. The lowest BCUT2D eigenvalue weighted by Gasteiger charge is -2.02. The van der Waals surface area contributed by atoms with Crippen molar-refractivity contribution in [2.75, 3.05) is 0 Å². The van der Waals surface area contributed by atoms with Crippen LogP contribution >= 0.6 is 12.6 Å². The van der Waals surface area contributed by atoms with E-state index in [-0.39, 0.29) is 12.8 Å². The van der Waals surface area contributed by atoms with Gasteiger partial charge in [-0.1, -0.05) is 0 Å². The van der Waals surface area contributed by atoms with Gasteiger partial charge in [0.05, 0.1) is 6.04 Å². The van der Waals surface area contributed by atoms with Crippen LogP contribution < -0.4 is 5.73 Å². The summed E-state index contributed by atoms with van der Waals surface area (Å²) in [6.07, 6.45) is 0.0606. The van der Waals surface area contributed by atoms with Gasteiger partial charge in [0.2, 0.25) is 5.12 Å². The Hall–Kier alpha value is -0.550. The van der Waals surface area contributed by atoms with Gasteiger partial charge >= 0.3 is 5.97 Å². The zero-order chi connectivity index (χ0) is 8.15. The van der Waals surface area contributed by atoms with E-state index in [1.54, 1.807) is 0 Å². The molecule has 0 saturated heterocycles. The summed E-state index contributed by atoms with van der Waals surface area (Å²) in [6.45, 7) is 0. The molecular weight excluding hydrogens is 154 g/mol. The van der Waals surface area contributed by atoms with Crippen LogP contribution in [0.3, 0.4) is 0 Å². The van der Waals surface area contributed by atoms with E-state index in [1.807, 2.05) is 0 Å². The first-order valence-corrected chi connectivity index (χ1v) is 3.19. The van der Waals surface area contributed by atoms with Gasteiger partial charge in [0.25, 0.3) is 0 Å². The van der Waals surface area contributed by atoms with E-state index >= 15 is 0 Å². The molecule has 0 bridgehead atoms. The van der Waals surface area contributed by atoms with Gasteiger partial charge in [-0.15, -0.1) is 12.6 Å². The fourth-order valence-electron chi connectivity index (χ4n) is 0.402. The van der Waals surface area contributed by atoms with Crippen molar-refractivity contribution < 1.29 is 14.7 Å². The Kier molecular flexibility index (Phi) is 4.06. The minimum absolute atomic E-state index is 0.0898. The van der Waals surface area contributed by atoms with Crippen LogP contribution in [0.4, 0.5) is 0 Å². The van der Waals surface area contributed by atoms with Crippen molar-refractivity contribution in [3.8, 4) is 0 Å². The number of carboxylic acids is 1. The third-order valence-corrected chi connectivity index (χ3v) is 1.32. The zero-order valence-electron chi connectivity index (χ0n) is 5.28. The Morgan fingerprint density at radius 3 is 2.40 bits per heavy atom. The van der Waals surface area contributed by atoms with Crippen molar-refractivity contribution in [3.05, 3.63) is 0 Å². The highest BCUT2D eigenvalue weighted by molar-refractivity contribution is 7.96. The number of carbonyl (C=O) groups excluding carboxylic acids is 1. The van der Waals surface area contributed by atoms with Crippen LogP contribution in [0.1, 0.15) is 12.8 Å². The van der Waals surface area contributed by atoms with Gasteiger partial charge in [-0.3, -0.25) is 9.59 Å². The third kappa shape index (κ3) is 4.34. The molecule has 0 fully saturated rings. The Labute approximate surface area is 63.8 Å². The van der Waals surface area contributed by atoms with Crippen LogP contribution in [-0.2, 0) is 9.59 Å². The second-order valence-electron chi connectivity index (χ2n) is 1.88. The molecule has 1 atom stereocenters. The smallest absolute Gasteiger partial charge is 0.303 e. The lowest BCUT2D eigenvalue weighted by atomic mass is 10.2. The molecule has 0 amide bonds. The van der Waals surface area contributed by atoms with Crippen molar-refractivity contribution >= 4 is 23.7 Å². The Balaban J connectivity index is 3.49. The minimum atomic E-state index is -0.954. The Bertz CT molecular complexity index is 148. The first-order chi connectivity index (χ1) is 4.54. The van der Waals surface area contributed by atoms with Gasteiger partial charge in [0.15, 0.2) is 0 Å². The number of hydrogen-bond donors (Lipinski definition) is 3. The van der Waals surface area contributed by atoms with Crippen LogP contribution in [0.15, 0.2) is 0 Å². The number of carboxylic acid groups (broad SMARTS) is 1. The van der Waals surface area contributed by atoms with Crippen molar-refractivity contribution in [1.82, 2.24) is 0 Å². The van der Waals surface area contributed by atoms with E-state index in [0.717, 1.165) is 0 Å². The summed E-state index contributed by atoms with van der Waals surface area (Å²) in [5, 5.41) is 7.68. The highest BCUT2D eigenvalue weighted by Gasteiger charge is 2.10. The van der Waals surface area contributed by atoms with Crippen LogP contribution in [-0.4, -0.2) is 22.2 Å². The Morgan fingerprint density at radius 1 is 1.60 bits per heavy atom. The van der Waals surface area contributed by atoms with Gasteiger partial charge in [-0.25, -0.2) is 0 Å². The lowest BCUT2D eigenvalue weighted by Crippen LogP contribution is -2.27. The van der Waals surface area contributed by atoms with Gasteiger partial charge in [0.1, 0.15) is 0 Å². The number of rotatable bonds is 4. The minimum Gasteiger partial charge on any atom is -0.481 e. The van der Waals surface area contributed by atoms with Crippen LogP contribution in [0, 0.1) is 0 Å². The largest absolute Gasteiger partial charge is 0.481 e. The Morgan fingerprint density at radius 2 is 2.10 bits per heavy atom. The monoisotopic (exact) mass is 163 g/mol. The molecule has 0 rings (SSSR count). The van der Waals surface area contributed by atoms with E-state index in [9.17, 15) is 9.59 Å². The molecule has 10 heavy (non-hydrogen) atoms. The predicted molar refractivity (Wildman–Crippen MR) is 38.8 cm³/mol. The summed E-state index contributed by atoms with van der Waals surface area (Å²) in [5.74, 6) is -0.954. The van der Waals surface area contributed by atoms with E-state index in [0.29, 0.717) is 0 Å². The molecule has 0 aliphatic carbocycles. The standard InChI is InChI=1S/C5H9NO3S/c6-3(5(9)10)1-2-4(7)8/h3H,1-2,6H2,(H,7,8)(H,9,10). The quantitative estimate of drug-likeness (QED) is 0.494. The average molecular weight is 163 g/mol. The first-order valence-electron chi connectivity index (χ1n) is 2.74. The SMILES string of the molecule is NC(CCC(=O)O)C(=O)S. The molecule has 0 spiro atoms. The van der Waals surface area contributed by atoms with Crippen LogP contribution in [0.5, 0.6) is 0 Å². The second kappa shape index (κ2) is 4.29. The van der Waals surface area contributed by atoms with Gasteiger partial charge in [-0.2, -0.15) is 0 Å². The molecule has 58 valence electrons. The molecule has 0 saturated carbocycles. The van der Waals surface area contributed by atoms with Gasteiger partial charge in [-0.05, 0) is 6.42 Å². The molecule has 0 radical (unpaired) electrons. The number of nitrogens with two attached hydrogens (primary N) is 1. The molecule has 0 aliphatic heterocycles.